The van der Waals surface area contributed by atoms with Crippen LogP contribution in [0.3, 0.4) is 0 Å². The predicted molar refractivity (Wildman–Crippen MR) is 103 cm³/mol. The number of benzene rings is 1. The Kier molecular flexibility index (Phi) is 4.47. The molecule has 0 saturated carbocycles. The van der Waals surface area contributed by atoms with Crippen LogP contribution < -0.4 is 4.74 Å². The molecule has 0 N–H and O–H groups in total. The van der Waals surface area contributed by atoms with E-state index in [2.05, 4.69) is 15.6 Å². The van der Waals surface area contributed by atoms with Gasteiger partial charge in [0.15, 0.2) is 5.03 Å². The van der Waals surface area contributed by atoms with Gasteiger partial charge in [-0.25, -0.2) is 13.4 Å². The maximum absolute atomic E-state index is 12.8. The molecule has 1 aromatic carbocycles. The molecule has 2 aromatic heterocycles. The highest BCUT2D eigenvalue weighted by molar-refractivity contribution is 7.89. The van der Waals surface area contributed by atoms with Gasteiger partial charge in [-0.05, 0) is 38.0 Å². The van der Waals surface area contributed by atoms with Crippen molar-refractivity contribution in [3.05, 3.63) is 42.5 Å². The number of nitrogens with zero attached hydrogens (tertiary/aromatic N) is 4. The van der Waals surface area contributed by atoms with E-state index in [1.807, 2.05) is 31.4 Å². The van der Waals surface area contributed by atoms with Crippen molar-refractivity contribution in [3.8, 4) is 5.75 Å². The topological polar surface area (TPSA) is 69.4 Å². The molecule has 1 saturated heterocycles. The first-order valence-corrected chi connectivity index (χ1v) is 10.5. The van der Waals surface area contributed by atoms with E-state index >= 15 is 0 Å². The van der Waals surface area contributed by atoms with Gasteiger partial charge >= 0.3 is 0 Å². The highest BCUT2D eigenvalue weighted by Crippen LogP contribution is 2.29. The monoisotopic (exact) mass is 388 g/mol. The van der Waals surface area contributed by atoms with Crippen molar-refractivity contribution in [2.45, 2.75) is 30.9 Å². The fraction of sp³-hybridized carbons (Fsp3) is 0.421. The number of ether oxygens (including phenoxy) is 1. The second kappa shape index (κ2) is 6.69. The number of sulfonamides is 1. The normalized spacial score (nSPS) is 16.9. The maximum atomic E-state index is 12.8. The van der Waals surface area contributed by atoms with E-state index in [0.717, 1.165) is 16.7 Å². The summed E-state index contributed by atoms with van der Waals surface area (Å²) in [5.41, 5.74) is 1.12. The molecule has 4 rings (SSSR count). The van der Waals surface area contributed by atoms with Crippen LogP contribution in [0.4, 0.5) is 0 Å². The Labute approximate surface area is 159 Å². The molecule has 0 bridgehead atoms. The van der Waals surface area contributed by atoms with Crippen LogP contribution in [0.5, 0.6) is 5.75 Å². The van der Waals surface area contributed by atoms with Crippen LogP contribution in [0, 0.1) is 6.92 Å². The van der Waals surface area contributed by atoms with E-state index in [-0.39, 0.29) is 11.1 Å². The summed E-state index contributed by atoms with van der Waals surface area (Å²) in [4.78, 5) is 4.18. The molecule has 27 heavy (non-hydrogen) atoms. The van der Waals surface area contributed by atoms with Gasteiger partial charge in [-0.2, -0.15) is 4.31 Å². The first-order chi connectivity index (χ1) is 12.9. The molecule has 0 atom stereocenters. The summed E-state index contributed by atoms with van der Waals surface area (Å²) >= 11 is 0. The van der Waals surface area contributed by atoms with E-state index in [4.69, 9.17) is 4.74 Å². The number of aromatic nitrogens is 3. The molecule has 8 heteroatoms. The van der Waals surface area contributed by atoms with Crippen molar-refractivity contribution in [2.75, 3.05) is 13.1 Å². The number of fused-ring (bicyclic) bond motifs is 1. The minimum Gasteiger partial charge on any atom is -0.490 e. The summed E-state index contributed by atoms with van der Waals surface area (Å²) in [7, 11) is 0.257. The van der Waals surface area contributed by atoms with Gasteiger partial charge in [0.2, 0.25) is 0 Å². The molecular formula is C19H24N4O3S. The predicted octanol–water partition coefficient (Wildman–Crippen LogP) is 2.45. The lowest BCUT2D eigenvalue weighted by atomic mass is 10.1. The van der Waals surface area contributed by atoms with Gasteiger partial charge in [-0.1, -0.05) is 6.07 Å². The van der Waals surface area contributed by atoms with Crippen LogP contribution in [0.15, 0.2) is 41.7 Å². The summed E-state index contributed by atoms with van der Waals surface area (Å²) in [6, 6.07) is 8.07. The second-order valence-corrected chi connectivity index (χ2v) is 8.96. The van der Waals surface area contributed by atoms with E-state index in [1.54, 1.807) is 24.7 Å². The van der Waals surface area contributed by atoms with Crippen molar-refractivity contribution < 1.29 is 13.2 Å². The summed E-state index contributed by atoms with van der Waals surface area (Å²) < 4.78 is 37.1. The molecule has 1 fully saturated rings. The molecule has 7 nitrogen and oxygen atoms in total. The van der Waals surface area contributed by atoms with Crippen LogP contribution >= 0.6 is 0 Å². The van der Waals surface area contributed by atoms with Gasteiger partial charge in [0.05, 0.1) is 5.52 Å². The minimum absolute atomic E-state index is 0.00715. The molecule has 0 unspecified atom stereocenters. The Bertz CT molecular complexity index is 1060. The third-order valence-corrected chi connectivity index (χ3v) is 7.04. The molecule has 0 radical (unpaired) electrons. The third-order valence-electron chi connectivity index (χ3n) is 5.27. The average Bonchev–Trinajstić information content (AvgIpc) is 3.20. The Balaban J connectivity index is 1.46. The summed E-state index contributed by atoms with van der Waals surface area (Å²) in [6.45, 7) is 2.67. The standard InChI is InChI=1S/C19H24N4O3S/c1-14-20-19(13-22(14)3)27(24,25)23-11-7-15(8-12-23)26-18-6-4-5-17-16(18)9-10-21(17)2/h4-6,9-10,13,15H,7-8,11-12H2,1-3H3. The number of piperidine rings is 1. The molecule has 1 aliphatic rings. The summed E-state index contributed by atoms with van der Waals surface area (Å²) in [5.74, 6) is 1.54. The zero-order chi connectivity index (χ0) is 19.2. The average molecular weight is 388 g/mol. The zero-order valence-corrected chi connectivity index (χ0v) is 16.6. The Hall–Kier alpha value is -2.32. The van der Waals surface area contributed by atoms with Crippen molar-refractivity contribution in [2.24, 2.45) is 14.1 Å². The lowest BCUT2D eigenvalue weighted by molar-refractivity contribution is 0.136. The minimum atomic E-state index is -3.55. The maximum Gasteiger partial charge on any atom is 0.262 e. The van der Waals surface area contributed by atoms with Crippen molar-refractivity contribution in [1.82, 2.24) is 18.4 Å². The zero-order valence-electron chi connectivity index (χ0n) is 15.8. The fourth-order valence-corrected chi connectivity index (χ4v) is 5.02. The Morgan fingerprint density at radius 1 is 1.11 bits per heavy atom. The quantitative estimate of drug-likeness (QED) is 0.688. The lowest BCUT2D eigenvalue weighted by Crippen LogP contribution is -2.41. The van der Waals surface area contributed by atoms with Gasteiger partial charge in [-0.15, -0.1) is 0 Å². The number of imidazole rings is 1. The summed E-state index contributed by atoms with van der Waals surface area (Å²) in [5, 5.41) is 1.20. The van der Waals surface area contributed by atoms with Gasteiger partial charge in [0.25, 0.3) is 10.0 Å². The van der Waals surface area contributed by atoms with Crippen molar-refractivity contribution >= 4 is 20.9 Å². The van der Waals surface area contributed by atoms with Gasteiger partial charge in [0.1, 0.15) is 17.7 Å². The first-order valence-electron chi connectivity index (χ1n) is 9.07. The number of hydrogen-bond acceptors (Lipinski definition) is 4. The SMILES string of the molecule is Cc1nc(S(=O)(=O)N2CCC(Oc3cccc4c3ccn4C)CC2)cn1C. The third kappa shape index (κ3) is 3.23. The molecule has 0 aliphatic carbocycles. The van der Waals surface area contributed by atoms with E-state index in [0.29, 0.717) is 31.8 Å². The van der Waals surface area contributed by atoms with E-state index < -0.39 is 10.0 Å². The molecule has 0 spiro atoms. The van der Waals surface area contributed by atoms with E-state index in [9.17, 15) is 8.42 Å². The molecule has 3 aromatic rings. The first kappa shape index (κ1) is 18.1. The fourth-order valence-electron chi connectivity index (χ4n) is 3.53. The van der Waals surface area contributed by atoms with Crippen LogP contribution in [-0.4, -0.2) is 46.0 Å². The second-order valence-electron chi connectivity index (χ2n) is 7.07. The number of aryl methyl sites for hydroxylation is 3. The van der Waals surface area contributed by atoms with Crippen LogP contribution in [0.1, 0.15) is 18.7 Å². The highest BCUT2D eigenvalue weighted by atomic mass is 32.2. The Morgan fingerprint density at radius 3 is 2.52 bits per heavy atom. The molecule has 144 valence electrons. The molecule has 0 amide bonds. The largest absolute Gasteiger partial charge is 0.490 e. The number of rotatable bonds is 4. The van der Waals surface area contributed by atoms with Crippen LogP contribution in [0.25, 0.3) is 10.9 Å². The molecule has 1 aliphatic heterocycles. The molecule has 3 heterocycles. The smallest absolute Gasteiger partial charge is 0.262 e. The van der Waals surface area contributed by atoms with Gasteiger partial charge < -0.3 is 13.9 Å². The van der Waals surface area contributed by atoms with Crippen LogP contribution in [0.2, 0.25) is 0 Å². The van der Waals surface area contributed by atoms with Crippen LogP contribution in [-0.2, 0) is 24.1 Å². The lowest BCUT2D eigenvalue weighted by Gasteiger charge is -2.31. The van der Waals surface area contributed by atoms with E-state index in [1.165, 1.54) is 4.31 Å². The summed E-state index contributed by atoms with van der Waals surface area (Å²) in [6.07, 6.45) is 4.92. The van der Waals surface area contributed by atoms with Crippen molar-refractivity contribution in [3.63, 3.8) is 0 Å². The number of hydrogen-bond donors (Lipinski definition) is 0. The van der Waals surface area contributed by atoms with Gasteiger partial charge in [0, 0.05) is 45.0 Å². The molecular weight excluding hydrogens is 364 g/mol. The van der Waals surface area contributed by atoms with Crippen molar-refractivity contribution in [1.29, 1.82) is 0 Å². The van der Waals surface area contributed by atoms with Gasteiger partial charge in [-0.3, -0.25) is 0 Å². The Morgan fingerprint density at radius 2 is 1.85 bits per heavy atom. The highest BCUT2D eigenvalue weighted by Gasteiger charge is 2.32.